The Balaban J connectivity index is 2.11. The lowest BCUT2D eigenvalue weighted by Crippen LogP contribution is -2.38. The fraction of sp³-hybridized carbons (Fsp3) is 0.450. The number of primary amides is 1. The van der Waals surface area contributed by atoms with Crippen molar-refractivity contribution in [2.24, 2.45) is 5.73 Å². The monoisotopic (exact) mass is 370 g/mol. The van der Waals surface area contributed by atoms with Crippen molar-refractivity contribution in [3.63, 3.8) is 0 Å². The number of rotatable bonds is 4. The zero-order valence-electron chi connectivity index (χ0n) is 16.1. The Labute approximate surface area is 158 Å². The average molecular weight is 370 g/mol. The first-order valence-electron chi connectivity index (χ1n) is 9.10. The van der Waals surface area contributed by atoms with Crippen LogP contribution in [0.3, 0.4) is 0 Å². The van der Waals surface area contributed by atoms with Crippen molar-refractivity contribution >= 4 is 11.7 Å². The van der Waals surface area contributed by atoms with Gasteiger partial charge in [0.05, 0.1) is 25.3 Å². The van der Waals surface area contributed by atoms with E-state index in [9.17, 15) is 9.59 Å². The molecule has 2 N–H and O–H groups in total. The van der Waals surface area contributed by atoms with E-state index in [0.717, 1.165) is 5.56 Å². The minimum Gasteiger partial charge on any atom is -0.378 e. The van der Waals surface area contributed by atoms with Crippen LogP contribution in [0, 0.1) is 0 Å². The molecule has 0 spiro atoms. The number of amides is 1. The van der Waals surface area contributed by atoms with E-state index in [1.165, 1.54) is 10.6 Å². The standard InChI is InChI=1S/C20H26N4O3/c1-20(2,3)14-5-4-6-15(11-14)24-18(12-16(21)25)22-17(13-19(24)26)23-7-9-27-10-8-23/h4-6,11,13H,7-10,12H2,1-3H3,(H2,21,25). The average Bonchev–Trinajstić information content (AvgIpc) is 2.61. The Kier molecular flexibility index (Phi) is 5.32. The van der Waals surface area contributed by atoms with Crippen molar-refractivity contribution in [1.29, 1.82) is 0 Å². The first-order valence-corrected chi connectivity index (χ1v) is 9.10. The van der Waals surface area contributed by atoms with E-state index >= 15 is 0 Å². The van der Waals surface area contributed by atoms with Gasteiger partial charge in [0.2, 0.25) is 5.91 Å². The molecule has 144 valence electrons. The van der Waals surface area contributed by atoms with Crippen LogP contribution in [0.2, 0.25) is 0 Å². The molecule has 0 saturated carbocycles. The molecular weight excluding hydrogens is 344 g/mol. The summed E-state index contributed by atoms with van der Waals surface area (Å²) in [7, 11) is 0. The number of anilines is 1. The number of carbonyl (C=O) groups excluding carboxylic acids is 1. The summed E-state index contributed by atoms with van der Waals surface area (Å²) in [5, 5.41) is 0. The fourth-order valence-corrected chi connectivity index (χ4v) is 3.13. The summed E-state index contributed by atoms with van der Waals surface area (Å²) in [6.45, 7) is 8.82. The van der Waals surface area contributed by atoms with Gasteiger partial charge in [-0.05, 0) is 23.1 Å². The van der Waals surface area contributed by atoms with Crippen LogP contribution in [0.5, 0.6) is 0 Å². The molecule has 1 aromatic carbocycles. The molecule has 1 aliphatic rings. The predicted octanol–water partition coefficient (Wildman–Crippen LogP) is 1.39. The Hall–Kier alpha value is -2.67. The molecule has 1 amide bonds. The van der Waals surface area contributed by atoms with Gasteiger partial charge in [0.1, 0.15) is 11.6 Å². The topological polar surface area (TPSA) is 90.4 Å². The number of ether oxygens (including phenoxy) is 1. The van der Waals surface area contributed by atoms with Crippen LogP contribution in [-0.2, 0) is 21.4 Å². The van der Waals surface area contributed by atoms with Crippen LogP contribution in [0.25, 0.3) is 5.69 Å². The summed E-state index contributed by atoms with van der Waals surface area (Å²) in [4.78, 5) is 31.2. The first kappa shape index (κ1) is 19.1. The van der Waals surface area contributed by atoms with Gasteiger partial charge >= 0.3 is 0 Å². The molecule has 0 unspecified atom stereocenters. The van der Waals surface area contributed by atoms with Crippen molar-refractivity contribution in [1.82, 2.24) is 9.55 Å². The summed E-state index contributed by atoms with van der Waals surface area (Å²) in [6.07, 6.45) is -0.104. The van der Waals surface area contributed by atoms with Crippen LogP contribution in [-0.4, -0.2) is 41.8 Å². The molecule has 1 saturated heterocycles. The predicted molar refractivity (Wildman–Crippen MR) is 104 cm³/mol. The van der Waals surface area contributed by atoms with Crippen LogP contribution in [0.1, 0.15) is 32.2 Å². The second kappa shape index (κ2) is 7.52. The minimum absolute atomic E-state index is 0.0648. The SMILES string of the molecule is CC(C)(C)c1cccc(-n2c(CC(N)=O)nc(N3CCOCC3)cc2=O)c1. The van der Waals surface area contributed by atoms with Crippen molar-refractivity contribution in [3.05, 3.63) is 52.1 Å². The molecule has 1 aliphatic heterocycles. The van der Waals surface area contributed by atoms with Crippen molar-refractivity contribution in [3.8, 4) is 5.69 Å². The van der Waals surface area contributed by atoms with Gasteiger partial charge in [-0.2, -0.15) is 0 Å². The smallest absolute Gasteiger partial charge is 0.260 e. The van der Waals surface area contributed by atoms with Crippen molar-refractivity contribution < 1.29 is 9.53 Å². The highest BCUT2D eigenvalue weighted by atomic mass is 16.5. The molecule has 1 fully saturated rings. The Morgan fingerprint density at radius 2 is 1.93 bits per heavy atom. The third kappa shape index (κ3) is 4.36. The maximum absolute atomic E-state index is 13.0. The van der Waals surface area contributed by atoms with Gasteiger partial charge in [0.25, 0.3) is 5.56 Å². The van der Waals surface area contributed by atoms with E-state index in [4.69, 9.17) is 10.5 Å². The molecule has 0 atom stereocenters. The highest BCUT2D eigenvalue weighted by Gasteiger charge is 2.20. The maximum Gasteiger partial charge on any atom is 0.260 e. The first-order chi connectivity index (χ1) is 12.8. The normalized spacial score (nSPS) is 15.0. The molecule has 7 heteroatoms. The molecule has 3 rings (SSSR count). The molecule has 2 heterocycles. The van der Waals surface area contributed by atoms with E-state index in [1.807, 2.05) is 29.2 Å². The zero-order chi connectivity index (χ0) is 19.6. The summed E-state index contributed by atoms with van der Waals surface area (Å²) >= 11 is 0. The largest absolute Gasteiger partial charge is 0.378 e. The van der Waals surface area contributed by atoms with Crippen LogP contribution < -0.4 is 16.2 Å². The van der Waals surface area contributed by atoms with Crippen molar-refractivity contribution in [2.45, 2.75) is 32.6 Å². The number of nitrogens with zero attached hydrogens (tertiary/aromatic N) is 3. The molecule has 0 aliphatic carbocycles. The molecule has 0 radical (unpaired) electrons. The maximum atomic E-state index is 13.0. The van der Waals surface area contributed by atoms with Crippen LogP contribution in [0.15, 0.2) is 35.1 Å². The summed E-state index contributed by atoms with van der Waals surface area (Å²) in [6, 6.07) is 9.25. The van der Waals surface area contributed by atoms with Gasteiger partial charge < -0.3 is 15.4 Å². The lowest BCUT2D eigenvalue weighted by molar-refractivity contribution is -0.117. The van der Waals surface area contributed by atoms with Crippen molar-refractivity contribution in [2.75, 3.05) is 31.2 Å². The van der Waals surface area contributed by atoms with Gasteiger partial charge in [-0.1, -0.05) is 32.9 Å². The van der Waals surface area contributed by atoms with E-state index < -0.39 is 5.91 Å². The second-order valence-electron chi connectivity index (χ2n) is 7.75. The fourth-order valence-electron chi connectivity index (χ4n) is 3.13. The number of benzene rings is 1. The second-order valence-corrected chi connectivity index (χ2v) is 7.75. The lowest BCUT2D eigenvalue weighted by Gasteiger charge is -2.28. The van der Waals surface area contributed by atoms with Gasteiger partial charge in [-0.15, -0.1) is 0 Å². The van der Waals surface area contributed by atoms with E-state index in [1.54, 1.807) is 0 Å². The van der Waals surface area contributed by atoms with Gasteiger partial charge in [0.15, 0.2) is 0 Å². The number of hydrogen-bond acceptors (Lipinski definition) is 5. The molecule has 7 nitrogen and oxygen atoms in total. The van der Waals surface area contributed by atoms with Gasteiger partial charge in [0, 0.05) is 19.2 Å². The molecule has 27 heavy (non-hydrogen) atoms. The number of aromatic nitrogens is 2. The Morgan fingerprint density at radius 1 is 1.22 bits per heavy atom. The third-order valence-corrected chi connectivity index (χ3v) is 4.61. The summed E-state index contributed by atoms with van der Waals surface area (Å²) in [5.41, 5.74) is 6.91. The third-order valence-electron chi connectivity index (χ3n) is 4.61. The van der Waals surface area contributed by atoms with Crippen LogP contribution in [0.4, 0.5) is 5.82 Å². The molecule has 0 bridgehead atoms. The van der Waals surface area contributed by atoms with Gasteiger partial charge in [-0.25, -0.2) is 4.98 Å². The summed E-state index contributed by atoms with van der Waals surface area (Å²) in [5.74, 6) is 0.382. The van der Waals surface area contributed by atoms with E-state index in [0.29, 0.717) is 43.6 Å². The van der Waals surface area contributed by atoms with Crippen LogP contribution >= 0.6 is 0 Å². The van der Waals surface area contributed by atoms with E-state index in [2.05, 4.69) is 25.8 Å². The number of nitrogens with two attached hydrogens (primary N) is 1. The highest BCUT2D eigenvalue weighted by molar-refractivity contribution is 5.76. The summed E-state index contributed by atoms with van der Waals surface area (Å²) < 4.78 is 6.83. The zero-order valence-corrected chi connectivity index (χ0v) is 16.1. The van der Waals surface area contributed by atoms with E-state index in [-0.39, 0.29) is 17.4 Å². The molecule has 1 aromatic heterocycles. The lowest BCUT2D eigenvalue weighted by atomic mass is 9.87. The number of morpholine rings is 1. The van der Waals surface area contributed by atoms with Gasteiger partial charge in [-0.3, -0.25) is 14.2 Å². The number of carbonyl (C=O) groups is 1. The number of hydrogen-bond donors (Lipinski definition) is 1. The minimum atomic E-state index is -0.526. The molecular formula is C20H26N4O3. The molecule has 2 aromatic rings. The quantitative estimate of drug-likeness (QED) is 0.878. The Bertz CT molecular complexity index is 893. The highest BCUT2D eigenvalue weighted by Crippen LogP contribution is 2.24. The Morgan fingerprint density at radius 3 is 2.56 bits per heavy atom.